The number of thiazole rings is 1. The molecule has 0 radical (unpaired) electrons. The van der Waals surface area contributed by atoms with E-state index in [2.05, 4.69) is 10.3 Å². The van der Waals surface area contributed by atoms with Crippen LogP contribution < -0.4 is 19.5 Å². The Hall–Kier alpha value is -3.45. The molecular weight excluding hydrogens is 450 g/mol. The number of nitrogens with zero attached hydrogens (tertiary/aromatic N) is 2. The van der Waals surface area contributed by atoms with Crippen LogP contribution in [-0.4, -0.2) is 51.8 Å². The molecule has 0 unspecified atom stereocenters. The van der Waals surface area contributed by atoms with Crippen LogP contribution in [0.5, 0.6) is 17.2 Å². The van der Waals surface area contributed by atoms with E-state index in [1.54, 1.807) is 0 Å². The van der Waals surface area contributed by atoms with Crippen molar-refractivity contribution in [1.82, 2.24) is 4.98 Å². The van der Waals surface area contributed by atoms with Crippen molar-refractivity contribution < 1.29 is 32.3 Å². The van der Waals surface area contributed by atoms with Gasteiger partial charge in [-0.1, -0.05) is 11.3 Å². The molecule has 1 heterocycles. The average Bonchev–Trinajstić information content (AvgIpc) is 3.12. The quantitative estimate of drug-likeness (QED) is 0.409. The summed E-state index contributed by atoms with van der Waals surface area (Å²) < 4.78 is 39.4. The number of carbonyl (C=O) groups is 1. The van der Waals surface area contributed by atoms with Crippen molar-refractivity contribution >= 4 is 48.1 Å². The average molecular weight is 467 g/mol. The van der Waals surface area contributed by atoms with Gasteiger partial charge in [0, 0.05) is 12.3 Å². The van der Waals surface area contributed by atoms with Crippen LogP contribution in [0.1, 0.15) is 10.4 Å². The number of benzene rings is 2. The summed E-state index contributed by atoms with van der Waals surface area (Å²) in [6.45, 7) is 0. The summed E-state index contributed by atoms with van der Waals surface area (Å²) >= 11 is 1.03. The number of hydrogen-bond donors (Lipinski definition) is 1. The molecule has 3 rings (SSSR count). The standard InChI is InChI=1S/C18H17N3O8S2/c1-27-12-8-10(14(21(23)24)16(29-3)15(12)28-2)17(22)20-18-19-11-6-5-9(31(4,25)26)7-13(11)30-18/h5-8H,1-4H3,(H,19,20,22). The van der Waals surface area contributed by atoms with Crippen LogP contribution in [0.25, 0.3) is 10.2 Å². The zero-order valence-electron chi connectivity index (χ0n) is 16.8. The van der Waals surface area contributed by atoms with E-state index >= 15 is 0 Å². The number of methoxy groups -OCH3 is 3. The highest BCUT2D eigenvalue weighted by molar-refractivity contribution is 7.90. The minimum absolute atomic E-state index is 0.0264. The van der Waals surface area contributed by atoms with Crippen molar-refractivity contribution in [1.29, 1.82) is 0 Å². The topological polar surface area (TPSA) is 147 Å². The van der Waals surface area contributed by atoms with Gasteiger partial charge in [0.25, 0.3) is 5.91 Å². The molecule has 1 amide bonds. The third-order valence-corrected chi connectivity index (χ3v) is 6.28. The van der Waals surface area contributed by atoms with Crippen molar-refractivity contribution in [3.05, 3.63) is 39.9 Å². The number of amides is 1. The smallest absolute Gasteiger partial charge is 0.327 e. The van der Waals surface area contributed by atoms with Gasteiger partial charge in [-0.2, -0.15) is 0 Å². The van der Waals surface area contributed by atoms with Crippen molar-refractivity contribution in [2.75, 3.05) is 32.9 Å². The predicted molar refractivity (Wildman–Crippen MR) is 113 cm³/mol. The summed E-state index contributed by atoms with van der Waals surface area (Å²) in [5.41, 5.74) is -0.458. The summed E-state index contributed by atoms with van der Waals surface area (Å²) in [5.74, 6) is -1.05. The van der Waals surface area contributed by atoms with Crippen LogP contribution in [0, 0.1) is 10.1 Å². The number of rotatable bonds is 7. The normalized spacial score (nSPS) is 11.2. The Bertz CT molecular complexity index is 1300. The molecule has 0 saturated carbocycles. The molecule has 11 nitrogen and oxygen atoms in total. The third-order valence-electron chi connectivity index (χ3n) is 4.24. The molecule has 0 fully saturated rings. The van der Waals surface area contributed by atoms with E-state index in [1.165, 1.54) is 45.6 Å². The van der Waals surface area contributed by atoms with E-state index in [0.717, 1.165) is 17.6 Å². The molecule has 0 bridgehead atoms. The summed E-state index contributed by atoms with van der Waals surface area (Å²) in [7, 11) is 0.401. The molecule has 1 aromatic heterocycles. The van der Waals surface area contributed by atoms with E-state index in [-0.39, 0.29) is 32.8 Å². The molecule has 0 aliphatic heterocycles. The lowest BCUT2D eigenvalue weighted by Gasteiger charge is -2.14. The molecule has 0 atom stereocenters. The van der Waals surface area contributed by atoms with Gasteiger partial charge in [-0.15, -0.1) is 0 Å². The van der Waals surface area contributed by atoms with Crippen molar-refractivity contribution in [2.45, 2.75) is 4.90 Å². The van der Waals surface area contributed by atoms with Crippen LogP contribution in [0.3, 0.4) is 0 Å². The van der Waals surface area contributed by atoms with Crippen LogP contribution in [0.4, 0.5) is 10.8 Å². The number of nitrogens with one attached hydrogen (secondary N) is 1. The van der Waals surface area contributed by atoms with E-state index in [4.69, 9.17) is 14.2 Å². The number of anilines is 1. The molecule has 1 N–H and O–H groups in total. The third kappa shape index (κ3) is 4.22. The minimum Gasteiger partial charge on any atom is -0.493 e. The first kappa shape index (κ1) is 22.2. The summed E-state index contributed by atoms with van der Waals surface area (Å²) in [5, 5.41) is 14.3. The van der Waals surface area contributed by atoms with E-state index in [1.807, 2.05) is 0 Å². The molecule has 31 heavy (non-hydrogen) atoms. The van der Waals surface area contributed by atoms with E-state index < -0.39 is 26.4 Å². The Labute approximate surface area is 180 Å². The number of carbonyl (C=O) groups excluding carboxylic acids is 1. The van der Waals surface area contributed by atoms with Gasteiger partial charge in [-0.3, -0.25) is 20.2 Å². The van der Waals surface area contributed by atoms with Crippen LogP contribution in [0.15, 0.2) is 29.2 Å². The van der Waals surface area contributed by atoms with Crippen LogP contribution in [-0.2, 0) is 9.84 Å². The second-order valence-corrected chi connectivity index (χ2v) is 9.22. The zero-order valence-corrected chi connectivity index (χ0v) is 18.4. The largest absolute Gasteiger partial charge is 0.493 e. The fraction of sp³-hybridized carbons (Fsp3) is 0.222. The number of hydrogen-bond acceptors (Lipinski definition) is 10. The van der Waals surface area contributed by atoms with Gasteiger partial charge in [0.05, 0.1) is 41.4 Å². The highest BCUT2D eigenvalue weighted by Gasteiger charge is 2.32. The second kappa shape index (κ2) is 8.35. The van der Waals surface area contributed by atoms with Gasteiger partial charge in [0.15, 0.2) is 20.7 Å². The number of nitro benzene ring substituents is 1. The molecule has 0 spiro atoms. The summed E-state index contributed by atoms with van der Waals surface area (Å²) in [6, 6.07) is 5.54. The van der Waals surface area contributed by atoms with Gasteiger partial charge < -0.3 is 14.2 Å². The minimum atomic E-state index is -3.41. The fourth-order valence-corrected chi connectivity index (χ4v) is 4.47. The molecule has 2 aromatic carbocycles. The lowest BCUT2D eigenvalue weighted by atomic mass is 10.1. The van der Waals surface area contributed by atoms with E-state index in [0.29, 0.717) is 10.2 Å². The second-order valence-electron chi connectivity index (χ2n) is 6.17. The first-order valence-electron chi connectivity index (χ1n) is 8.50. The highest BCUT2D eigenvalue weighted by Crippen LogP contribution is 2.46. The zero-order chi connectivity index (χ0) is 22.9. The van der Waals surface area contributed by atoms with Crippen molar-refractivity contribution in [2.24, 2.45) is 0 Å². The monoisotopic (exact) mass is 467 g/mol. The molecule has 3 aromatic rings. The molecular formula is C18H17N3O8S2. The predicted octanol–water partition coefficient (Wildman–Crippen LogP) is 2.89. The number of fused-ring (bicyclic) bond motifs is 1. The first-order valence-corrected chi connectivity index (χ1v) is 11.2. The Morgan fingerprint density at radius 3 is 2.35 bits per heavy atom. The van der Waals surface area contributed by atoms with Gasteiger partial charge in [-0.25, -0.2) is 13.4 Å². The molecule has 13 heteroatoms. The highest BCUT2D eigenvalue weighted by atomic mass is 32.2. The number of sulfone groups is 1. The van der Waals surface area contributed by atoms with Crippen molar-refractivity contribution in [3.63, 3.8) is 0 Å². The maximum atomic E-state index is 12.9. The number of nitro groups is 1. The van der Waals surface area contributed by atoms with Gasteiger partial charge in [0.1, 0.15) is 5.56 Å². The Balaban J connectivity index is 2.06. The summed E-state index contributed by atoms with van der Waals surface area (Å²) in [6.07, 6.45) is 1.08. The molecule has 0 aliphatic carbocycles. The first-order chi connectivity index (χ1) is 14.6. The lowest BCUT2D eigenvalue weighted by Crippen LogP contribution is -2.15. The lowest BCUT2D eigenvalue weighted by molar-refractivity contribution is -0.386. The Kier molecular flexibility index (Phi) is 5.99. The van der Waals surface area contributed by atoms with Gasteiger partial charge in [-0.05, 0) is 18.2 Å². The van der Waals surface area contributed by atoms with Gasteiger partial charge >= 0.3 is 5.69 Å². The van der Waals surface area contributed by atoms with Crippen molar-refractivity contribution in [3.8, 4) is 17.2 Å². The maximum Gasteiger partial charge on any atom is 0.327 e. The Morgan fingerprint density at radius 1 is 1.13 bits per heavy atom. The molecule has 164 valence electrons. The SMILES string of the molecule is COc1cc(C(=O)Nc2nc3ccc(S(C)(=O)=O)cc3s2)c([N+](=O)[O-])c(OC)c1OC. The fourth-order valence-electron chi connectivity index (χ4n) is 2.85. The molecule has 0 saturated heterocycles. The van der Waals surface area contributed by atoms with E-state index in [9.17, 15) is 23.3 Å². The van der Waals surface area contributed by atoms with Crippen LogP contribution in [0.2, 0.25) is 0 Å². The maximum absolute atomic E-state index is 12.9. The molecule has 0 aliphatic rings. The number of aromatic nitrogens is 1. The summed E-state index contributed by atoms with van der Waals surface area (Å²) in [4.78, 5) is 28.1. The number of ether oxygens (including phenoxy) is 3. The van der Waals surface area contributed by atoms with Crippen LogP contribution >= 0.6 is 11.3 Å². The van der Waals surface area contributed by atoms with Gasteiger partial charge in [0.2, 0.25) is 11.5 Å². The Morgan fingerprint density at radius 2 is 1.81 bits per heavy atom.